The van der Waals surface area contributed by atoms with E-state index in [1.807, 2.05) is 0 Å². The Balaban J connectivity index is 1.48. The minimum absolute atomic E-state index is 0.0594. The number of hydrogen-bond donors (Lipinski definition) is 9. The highest BCUT2D eigenvalue weighted by atomic mass is 16.7. The summed E-state index contributed by atoms with van der Waals surface area (Å²) in [6, 6.07) is 5.88. The summed E-state index contributed by atoms with van der Waals surface area (Å²) in [6.07, 6.45) is -16.0. The van der Waals surface area contributed by atoms with Gasteiger partial charge in [-0.25, -0.2) is 0 Å². The highest BCUT2D eigenvalue weighted by molar-refractivity contribution is 5.88. The molecular formula is C28H32O16. The van der Waals surface area contributed by atoms with Gasteiger partial charge in [-0.2, -0.15) is 0 Å². The number of aliphatic hydroxyl groups excluding tert-OH is 6. The molecule has 16 nitrogen and oxygen atoms in total. The van der Waals surface area contributed by atoms with E-state index >= 15 is 0 Å². The van der Waals surface area contributed by atoms with Crippen molar-refractivity contribution in [2.45, 2.75) is 68.3 Å². The monoisotopic (exact) mass is 624 g/mol. The lowest BCUT2D eigenvalue weighted by Gasteiger charge is -2.42. The van der Waals surface area contributed by atoms with E-state index < -0.39 is 96.1 Å². The Morgan fingerprint density at radius 3 is 2.16 bits per heavy atom. The first-order chi connectivity index (χ1) is 20.8. The van der Waals surface area contributed by atoms with E-state index in [0.29, 0.717) is 0 Å². The van der Waals surface area contributed by atoms with Crippen LogP contribution in [0.2, 0.25) is 0 Å². The Kier molecular flexibility index (Phi) is 8.90. The normalized spacial score (nSPS) is 32.5. The minimum atomic E-state index is -1.95. The second kappa shape index (κ2) is 12.4. The van der Waals surface area contributed by atoms with Crippen LogP contribution in [0.25, 0.3) is 22.3 Å². The molecule has 0 spiro atoms. The quantitative estimate of drug-likeness (QED) is 0.147. The summed E-state index contributed by atoms with van der Waals surface area (Å²) in [5.74, 6) is -2.33. The molecular weight excluding hydrogens is 592 g/mol. The molecule has 3 aromatic rings. The maximum Gasteiger partial charge on any atom is 0.239 e. The molecule has 0 saturated carbocycles. The molecule has 1 aromatic heterocycles. The standard InChI is InChI=1S/C28H32O16/c1-9-18(32)21(35)23(37)27(41-9)40-8-16-19(33)22(36)24(38)28(43-16)44-26-20(34)17-13(31)6-11(29)7-15(17)42-25(26)10-3-4-14(39-2)12(30)5-10/h3-7,9,16,18-19,21-24,27-33,35-38H,8H2,1-2H3/t9-,16+,18-,19+,21+,22-,23+,24+,27+,28-/m0/s1. The van der Waals surface area contributed by atoms with Crippen molar-refractivity contribution in [3.05, 3.63) is 40.6 Å². The number of hydrogen-bond acceptors (Lipinski definition) is 16. The Labute approximate surface area is 248 Å². The van der Waals surface area contributed by atoms with Crippen LogP contribution in [-0.2, 0) is 14.2 Å². The van der Waals surface area contributed by atoms with E-state index in [9.17, 15) is 50.8 Å². The largest absolute Gasteiger partial charge is 0.508 e. The van der Waals surface area contributed by atoms with E-state index in [4.69, 9.17) is 28.1 Å². The molecule has 2 aromatic carbocycles. The van der Waals surface area contributed by atoms with Gasteiger partial charge in [-0.1, -0.05) is 0 Å². The second-order valence-electron chi connectivity index (χ2n) is 10.5. The van der Waals surface area contributed by atoms with Gasteiger partial charge in [-0.15, -0.1) is 0 Å². The second-order valence-corrected chi connectivity index (χ2v) is 10.5. The smallest absolute Gasteiger partial charge is 0.239 e. The van der Waals surface area contributed by atoms with E-state index in [1.165, 1.54) is 32.2 Å². The summed E-state index contributed by atoms with van der Waals surface area (Å²) < 4.78 is 33.1. The molecule has 0 radical (unpaired) electrons. The van der Waals surface area contributed by atoms with Gasteiger partial charge in [0, 0.05) is 17.7 Å². The van der Waals surface area contributed by atoms with E-state index in [1.54, 1.807) is 0 Å². The molecule has 2 saturated heterocycles. The van der Waals surface area contributed by atoms with Crippen LogP contribution < -0.4 is 14.9 Å². The summed E-state index contributed by atoms with van der Waals surface area (Å²) >= 11 is 0. The van der Waals surface area contributed by atoms with Crippen molar-refractivity contribution in [2.24, 2.45) is 0 Å². The molecule has 2 aliphatic rings. The lowest BCUT2D eigenvalue weighted by molar-refractivity contribution is -0.318. The fourth-order valence-corrected chi connectivity index (χ4v) is 5.01. The minimum Gasteiger partial charge on any atom is -0.508 e. The summed E-state index contributed by atoms with van der Waals surface area (Å²) in [7, 11) is 1.32. The average molecular weight is 625 g/mol. The lowest BCUT2D eigenvalue weighted by atomic mass is 9.98. The number of phenolic OH excluding ortho intramolecular Hbond substituents is 3. The molecule has 2 aliphatic heterocycles. The van der Waals surface area contributed by atoms with Crippen LogP contribution in [0.5, 0.6) is 28.7 Å². The highest BCUT2D eigenvalue weighted by Crippen LogP contribution is 2.39. The zero-order valence-corrected chi connectivity index (χ0v) is 23.3. The SMILES string of the molecule is COc1ccc(-c2oc3cc(O)cc(O)c3c(=O)c2O[C@@H]2O[C@H](CO[C@@H]3O[C@@H](C)[C@H](O)[C@@H](O)[C@H]3O)[C@@H](O)[C@H](O)[C@H]2O)cc1O. The summed E-state index contributed by atoms with van der Waals surface area (Å²) in [5, 5.41) is 92.3. The Hall–Kier alpha value is -3.71. The molecule has 0 aliphatic carbocycles. The van der Waals surface area contributed by atoms with Crippen molar-refractivity contribution in [1.82, 2.24) is 0 Å². The highest BCUT2D eigenvalue weighted by Gasteiger charge is 2.47. The summed E-state index contributed by atoms with van der Waals surface area (Å²) in [4.78, 5) is 13.7. The van der Waals surface area contributed by atoms with E-state index in [2.05, 4.69) is 0 Å². The van der Waals surface area contributed by atoms with Gasteiger partial charge < -0.3 is 74.1 Å². The van der Waals surface area contributed by atoms with Gasteiger partial charge in [0.1, 0.15) is 65.2 Å². The molecule has 16 heteroatoms. The number of benzene rings is 2. The number of phenols is 3. The fourth-order valence-electron chi connectivity index (χ4n) is 5.01. The van der Waals surface area contributed by atoms with E-state index in [0.717, 1.165) is 12.1 Å². The lowest BCUT2D eigenvalue weighted by Crippen LogP contribution is -2.61. The number of rotatable bonds is 7. The number of fused-ring (bicyclic) bond motifs is 1. The van der Waals surface area contributed by atoms with Crippen molar-refractivity contribution in [2.75, 3.05) is 13.7 Å². The zero-order valence-electron chi connectivity index (χ0n) is 23.3. The van der Waals surface area contributed by atoms with Crippen molar-refractivity contribution >= 4 is 11.0 Å². The third-order valence-electron chi connectivity index (χ3n) is 7.49. The maximum atomic E-state index is 13.7. The molecule has 0 amide bonds. The third kappa shape index (κ3) is 5.74. The summed E-state index contributed by atoms with van der Waals surface area (Å²) in [5.41, 5.74) is -1.19. The molecule has 3 heterocycles. The molecule has 0 bridgehead atoms. The van der Waals surface area contributed by atoms with Gasteiger partial charge >= 0.3 is 0 Å². The molecule has 10 atom stereocenters. The van der Waals surface area contributed by atoms with Gasteiger partial charge in [0.25, 0.3) is 0 Å². The van der Waals surface area contributed by atoms with Gasteiger partial charge in [0.2, 0.25) is 17.5 Å². The first-order valence-electron chi connectivity index (χ1n) is 13.4. The number of ether oxygens (including phenoxy) is 5. The van der Waals surface area contributed by atoms with Gasteiger partial charge in [0.15, 0.2) is 23.5 Å². The van der Waals surface area contributed by atoms with Crippen LogP contribution in [0.1, 0.15) is 6.92 Å². The molecule has 44 heavy (non-hydrogen) atoms. The number of aromatic hydroxyl groups is 3. The number of methoxy groups -OCH3 is 1. The third-order valence-corrected chi connectivity index (χ3v) is 7.49. The average Bonchev–Trinajstić information content (AvgIpc) is 2.98. The summed E-state index contributed by atoms with van der Waals surface area (Å²) in [6.45, 7) is 0.841. The van der Waals surface area contributed by atoms with Gasteiger partial charge in [-0.05, 0) is 25.1 Å². The van der Waals surface area contributed by atoms with Crippen LogP contribution in [0, 0.1) is 0 Å². The van der Waals surface area contributed by atoms with Crippen LogP contribution >= 0.6 is 0 Å². The van der Waals surface area contributed by atoms with Crippen LogP contribution in [0.3, 0.4) is 0 Å². The van der Waals surface area contributed by atoms with Crippen LogP contribution in [-0.4, -0.2) is 121 Å². The van der Waals surface area contributed by atoms with Crippen molar-refractivity contribution in [1.29, 1.82) is 0 Å². The van der Waals surface area contributed by atoms with Crippen molar-refractivity contribution in [3.8, 4) is 40.1 Å². The molecule has 9 N–H and O–H groups in total. The first kappa shape index (κ1) is 31.7. The first-order valence-corrected chi connectivity index (χ1v) is 13.4. The van der Waals surface area contributed by atoms with Crippen molar-refractivity contribution in [3.63, 3.8) is 0 Å². The van der Waals surface area contributed by atoms with Crippen molar-refractivity contribution < 1.29 is 74.1 Å². The zero-order chi connectivity index (χ0) is 32.0. The Morgan fingerprint density at radius 2 is 1.48 bits per heavy atom. The Bertz CT molecular complexity index is 1560. The van der Waals surface area contributed by atoms with Crippen LogP contribution in [0.15, 0.2) is 39.5 Å². The fraction of sp³-hybridized carbons (Fsp3) is 0.464. The predicted octanol–water partition coefficient (Wildman–Crippen LogP) is -1.38. The molecule has 5 rings (SSSR count). The molecule has 2 fully saturated rings. The van der Waals surface area contributed by atoms with Gasteiger partial charge in [0.05, 0.1) is 19.8 Å². The topological polar surface area (TPSA) is 258 Å². The number of aliphatic hydroxyl groups is 6. The van der Waals surface area contributed by atoms with E-state index in [-0.39, 0.29) is 28.4 Å². The predicted molar refractivity (Wildman–Crippen MR) is 145 cm³/mol. The maximum absolute atomic E-state index is 13.7. The van der Waals surface area contributed by atoms with Gasteiger partial charge in [-0.3, -0.25) is 4.79 Å². The molecule has 0 unspecified atom stereocenters. The molecule has 240 valence electrons. The Morgan fingerprint density at radius 1 is 0.795 bits per heavy atom. The van der Waals surface area contributed by atoms with Crippen LogP contribution in [0.4, 0.5) is 0 Å².